The Kier molecular flexibility index (Phi) is 9.73. The number of aryl methyl sites for hydroxylation is 2. The first-order valence-corrected chi connectivity index (χ1v) is 12.7. The van der Waals surface area contributed by atoms with E-state index in [9.17, 15) is 9.90 Å². The molecule has 0 spiro atoms. The van der Waals surface area contributed by atoms with Crippen LogP contribution in [0.15, 0.2) is 78.9 Å². The Balaban J connectivity index is 0.00000380. The second-order valence-electron chi connectivity index (χ2n) is 9.44. The number of carboxylic acid groups (broad SMARTS) is 1. The fourth-order valence-electron chi connectivity index (χ4n) is 4.78. The Labute approximate surface area is 226 Å². The average Bonchev–Trinajstić information content (AvgIpc) is 2.88. The SMILES string of the molecule is CCOc1cccc([C@@H](C)NC(C)c2cc(-c3ccc(C)c(CCC(=O)O)c3)c3ccccc3c2)c1.Cl. The lowest BCUT2D eigenvalue weighted by molar-refractivity contribution is -0.136. The van der Waals surface area contributed by atoms with Crippen molar-refractivity contribution >= 4 is 29.1 Å². The van der Waals surface area contributed by atoms with Crippen molar-refractivity contribution in [2.24, 2.45) is 0 Å². The van der Waals surface area contributed by atoms with Crippen molar-refractivity contribution < 1.29 is 14.6 Å². The molecule has 0 saturated heterocycles. The molecule has 1 unspecified atom stereocenters. The third-order valence-electron chi connectivity index (χ3n) is 6.82. The number of aliphatic carboxylic acids is 1. The van der Waals surface area contributed by atoms with E-state index in [-0.39, 0.29) is 30.9 Å². The minimum atomic E-state index is -0.770. The lowest BCUT2D eigenvalue weighted by Crippen LogP contribution is -2.22. The van der Waals surface area contributed by atoms with Gasteiger partial charge in [0.15, 0.2) is 0 Å². The fraction of sp³-hybridized carbons (Fsp3) is 0.281. The van der Waals surface area contributed by atoms with Crippen molar-refractivity contribution in [1.82, 2.24) is 5.32 Å². The first kappa shape index (κ1) is 28.2. The van der Waals surface area contributed by atoms with Crippen molar-refractivity contribution in [3.05, 3.63) is 101 Å². The summed E-state index contributed by atoms with van der Waals surface area (Å²) in [6.07, 6.45) is 0.664. The molecule has 4 aromatic rings. The zero-order valence-electron chi connectivity index (χ0n) is 22.0. The highest BCUT2D eigenvalue weighted by atomic mass is 35.5. The summed E-state index contributed by atoms with van der Waals surface area (Å²) in [5, 5.41) is 15.3. The second-order valence-corrected chi connectivity index (χ2v) is 9.44. The molecule has 0 amide bonds. The van der Waals surface area contributed by atoms with Crippen LogP contribution in [0, 0.1) is 6.92 Å². The van der Waals surface area contributed by atoms with Crippen LogP contribution in [0.25, 0.3) is 21.9 Å². The second kappa shape index (κ2) is 12.8. The molecule has 5 heteroatoms. The van der Waals surface area contributed by atoms with Gasteiger partial charge < -0.3 is 15.2 Å². The lowest BCUT2D eigenvalue weighted by atomic mass is 9.91. The molecule has 4 nitrogen and oxygen atoms in total. The number of hydrogen-bond donors (Lipinski definition) is 2. The number of benzene rings is 4. The van der Waals surface area contributed by atoms with E-state index < -0.39 is 5.97 Å². The highest BCUT2D eigenvalue weighted by Crippen LogP contribution is 2.34. The van der Waals surface area contributed by atoms with Gasteiger partial charge >= 0.3 is 5.97 Å². The number of halogens is 1. The molecule has 0 saturated carbocycles. The Morgan fingerprint density at radius 3 is 2.43 bits per heavy atom. The monoisotopic (exact) mass is 517 g/mol. The minimum Gasteiger partial charge on any atom is -0.494 e. The number of nitrogens with one attached hydrogen (secondary N) is 1. The minimum absolute atomic E-state index is 0. The van der Waals surface area contributed by atoms with Crippen LogP contribution in [0.1, 0.15) is 61.5 Å². The summed E-state index contributed by atoms with van der Waals surface area (Å²) in [6.45, 7) is 9.07. The summed E-state index contributed by atoms with van der Waals surface area (Å²) in [6, 6.07) is 27.9. The number of rotatable bonds is 10. The van der Waals surface area contributed by atoms with Gasteiger partial charge in [0.05, 0.1) is 6.61 Å². The number of ether oxygens (including phenoxy) is 1. The molecule has 0 fully saturated rings. The highest BCUT2D eigenvalue weighted by molar-refractivity contribution is 5.97. The van der Waals surface area contributed by atoms with Crippen molar-refractivity contribution in [3.63, 3.8) is 0 Å². The molecule has 4 rings (SSSR count). The number of carbonyl (C=O) groups is 1. The van der Waals surface area contributed by atoms with Crippen LogP contribution in [0.4, 0.5) is 0 Å². The van der Waals surface area contributed by atoms with Gasteiger partial charge in [-0.3, -0.25) is 4.79 Å². The number of carboxylic acids is 1. The van der Waals surface area contributed by atoms with Crippen molar-refractivity contribution in [1.29, 1.82) is 0 Å². The molecule has 2 N–H and O–H groups in total. The summed E-state index contributed by atoms with van der Waals surface area (Å²) >= 11 is 0. The van der Waals surface area contributed by atoms with Crippen LogP contribution in [-0.4, -0.2) is 17.7 Å². The van der Waals surface area contributed by atoms with Gasteiger partial charge in [-0.05, 0) is 103 Å². The number of fused-ring (bicyclic) bond motifs is 1. The van der Waals surface area contributed by atoms with E-state index in [0.717, 1.165) is 22.4 Å². The third-order valence-corrected chi connectivity index (χ3v) is 6.82. The molecule has 0 aliphatic rings. The van der Waals surface area contributed by atoms with Crippen LogP contribution < -0.4 is 10.1 Å². The Hall–Kier alpha value is -3.34. The quantitative estimate of drug-likeness (QED) is 0.223. The summed E-state index contributed by atoms with van der Waals surface area (Å²) < 4.78 is 5.69. The standard InChI is InChI=1S/C32H35NO3.ClH/c1-5-36-29-11-8-10-25(19-29)22(3)33-23(4)28-18-26-9-6-7-12-30(26)31(20-28)27-14-13-21(2)24(17-27)15-16-32(34)35;/h6-14,17-20,22-23,33H,5,15-16H2,1-4H3,(H,34,35);1H/t22-,23?;/m1./s1. The zero-order valence-corrected chi connectivity index (χ0v) is 22.8. The van der Waals surface area contributed by atoms with Gasteiger partial charge in [-0.15, -0.1) is 12.4 Å². The molecule has 4 aromatic carbocycles. The van der Waals surface area contributed by atoms with E-state index in [1.165, 1.54) is 27.5 Å². The summed E-state index contributed by atoms with van der Waals surface area (Å²) in [7, 11) is 0. The summed E-state index contributed by atoms with van der Waals surface area (Å²) in [5.41, 5.74) is 6.89. The van der Waals surface area contributed by atoms with Gasteiger partial charge in [-0.2, -0.15) is 0 Å². The molecule has 0 bridgehead atoms. The van der Waals surface area contributed by atoms with E-state index >= 15 is 0 Å². The van der Waals surface area contributed by atoms with Gasteiger partial charge in [0.25, 0.3) is 0 Å². The molecular weight excluding hydrogens is 482 g/mol. The van der Waals surface area contributed by atoms with Gasteiger partial charge in [-0.1, -0.05) is 54.6 Å². The molecule has 0 aliphatic carbocycles. The van der Waals surface area contributed by atoms with Gasteiger partial charge in [0.1, 0.15) is 5.75 Å². The van der Waals surface area contributed by atoms with Crippen molar-refractivity contribution in [2.45, 2.75) is 52.6 Å². The van der Waals surface area contributed by atoms with Gasteiger partial charge in [-0.25, -0.2) is 0 Å². The van der Waals surface area contributed by atoms with Crippen molar-refractivity contribution in [3.8, 4) is 16.9 Å². The smallest absolute Gasteiger partial charge is 0.303 e. The summed E-state index contributed by atoms with van der Waals surface area (Å²) in [5.74, 6) is 0.121. The lowest BCUT2D eigenvalue weighted by Gasteiger charge is -2.23. The maximum atomic E-state index is 11.2. The van der Waals surface area contributed by atoms with Gasteiger partial charge in [0, 0.05) is 18.5 Å². The molecular formula is C32H36ClNO3. The summed E-state index contributed by atoms with van der Waals surface area (Å²) in [4.78, 5) is 11.2. The largest absolute Gasteiger partial charge is 0.494 e. The van der Waals surface area contributed by atoms with E-state index in [4.69, 9.17) is 4.74 Å². The van der Waals surface area contributed by atoms with E-state index in [0.29, 0.717) is 13.0 Å². The average molecular weight is 518 g/mol. The molecule has 2 atom stereocenters. The van der Waals surface area contributed by atoms with Gasteiger partial charge in [0.2, 0.25) is 0 Å². The topological polar surface area (TPSA) is 58.6 Å². The molecule has 0 aromatic heterocycles. The van der Waals surface area contributed by atoms with Crippen LogP contribution in [0.3, 0.4) is 0 Å². The molecule has 0 radical (unpaired) electrons. The predicted molar refractivity (Wildman–Crippen MR) is 155 cm³/mol. The molecule has 37 heavy (non-hydrogen) atoms. The van der Waals surface area contributed by atoms with Crippen molar-refractivity contribution in [2.75, 3.05) is 6.61 Å². The van der Waals surface area contributed by atoms with E-state index in [1.807, 2.05) is 26.0 Å². The molecule has 0 aliphatic heterocycles. The van der Waals surface area contributed by atoms with E-state index in [2.05, 4.69) is 85.9 Å². The van der Waals surface area contributed by atoms with Crippen LogP contribution >= 0.6 is 12.4 Å². The van der Waals surface area contributed by atoms with Crippen LogP contribution in [0.2, 0.25) is 0 Å². The maximum absolute atomic E-state index is 11.2. The molecule has 0 heterocycles. The van der Waals surface area contributed by atoms with E-state index in [1.54, 1.807) is 0 Å². The third kappa shape index (κ3) is 6.91. The Morgan fingerprint density at radius 1 is 0.919 bits per heavy atom. The van der Waals surface area contributed by atoms with Crippen LogP contribution in [0.5, 0.6) is 5.75 Å². The predicted octanol–water partition coefficient (Wildman–Crippen LogP) is 8.06. The maximum Gasteiger partial charge on any atom is 0.303 e. The Morgan fingerprint density at radius 2 is 1.68 bits per heavy atom. The fourth-order valence-corrected chi connectivity index (χ4v) is 4.78. The zero-order chi connectivity index (χ0) is 25.7. The normalized spacial score (nSPS) is 12.5. The number of hydrogen-bond acceptors (Lipinski definition) is 3. The molecule has 194 valence electrons. The first-order valence-electron chi connectivity index (χ1n) is 12.7. The highest BCUT2D eigenvalue weighted by Gasteiger charge is 2.15. The Bertz CT molecular complexity index is 1370. The van der Waals surface area contributed by atoms with Crippen LogP contribution in [-0.2, 0) is 11.2 Å². The first-order chi connectivity index (χ1) is 17.4.